The van der Waals surface area contributed by atoms with Gasteiger partial charge in [-0.1, -0.05) is 20.8 Å². The van der Waals surface area contributed by atoms with Gasteiger partial charge in [-0.2, -0.15) is 0 Å². The molecule has 0 spiro atoms. The average molecular weight is 276 g/mol. The smallest absolute Gasteiger partial charge is 0.398 e. The zero-order valence-corrected chi connectivity index (χ0v) is 13.6. The van der Waals surface area contributed by atoms with Crippen LogP contribution in [-0.4, -0.2) is 23.3 Å². The van der Waals surface area contributed by atoms with Gasteiger partial charge in [-0.15, -0.1) is 0 Å². The van der Waals surface area contributed by atoms with Gasteiger partial charge in [0.1, 0.15) is 5.82 Å². The van der Waals surface area contributed by atoms with Crippen molar-refractivity contribution in [3.05, 3.63) is 17.7 Å². The Morgan fingerprint density at radius 3 is 2.00 bits per heavy atom. The minimum absolute atomic E-state index is 0.00938. The van der Waals surface area contributed by atoms with Crippen LogP contribution in [0.5, 0.6) is 0 Å². The molecule has 0 aromatic carbocycles. The second-order valence-electron chi connectivity index (χ2n) is 7.54. The third-order valence-electron chi connectivity index (χ3n) is 4.23. The summed E-state index contributed by atoms with van der Waals surface area (Å²) in [4.78, 5) is 4.39. The molecule has 1 aromatic heterocycles. The van der Waals surface area contributed by atoms with Crippen molar-refractivity contribution in [2.45, 2.75) is 65.1 Å². The van der Waals surface area contributed by atoms with Crippen LogP contribution in [0.3, 0.4) is 0 Å². The van der Waals surface area contributed by atoms with Gasteiger partial charge in [0, 0.05) is 0 Å². The third-order valence-corrected chi connectivity index (χ3v) is 4.23. The Morgan fingerprint density at radius 2 is 1.55 bits per heavy atom. The van der Waals surface area contributed by atoms with E-state index in [0.717, 1.165) is 11.2 Å². The van der Waals surface area contributed by atoms with Crippen molar-refractivity contribution in [2.75, 3.05) is 5.73 Å². The molecule has 0 unspecified atom stereocenters. The zero-order valence-electron chi connectivity index (χ0n) is 13.6. The van der Waals surface area contributed by atoms with E-state index >= 15 is 0 Å². The second-order valence-corrected chi connectivity index (χ2v) is 7.54. The van der Waals surface area contributed by atoms with Gasteiger partial charge in [-0.05, 0) is 50.8 Å². The topological polar surface area (TPSA) is 57.4 Å². The van der Waals surface area contributed by atoms with Gasteiger partial charge in [-0.25, -0.2) is 4.98 Å². The number of nitrogen functional groups attached to an aromatic ring is 1. The maximum absolute atomic E-state index is 6.03. The van der Waals surface area contributed by atoms with E-state index in [1.54, 1.807) is 0 Å². The maximum Gasteiger partial charge on any atom is 0.514 e. The minimum Gasteiger partial charge on any atom is -0.398 e. The Bertz CT molecular complexity index is 505. The largest absolute Gasteiger partial charge is 0.514 e. The predicted octanol–water partition coefficient (Wildman–Crippen LogP) is 2.26. The Kier molecular flexibility index (Phi) is 3.42. The molecule has 0 atom stereocenters. The summed E-state index contributed by atoms with van der Waals surface area (Å²) in [5, 5.41) is 0. The monoisotopic (exact) mass is 276 g/mol. The van der Waals surface area contributed by atoms with Gasteiger partial charge >= 0.3 is 7.12 Å². The summed E-state index contributed by atoms with van der Waals surface area (Å²) < 4.78 is 12.1. The Labute approximate surface area is 122 Å². The molecule has 1 saturated heterocycles. The fourth-order valence-electron chi connectivity index (χ4n) is 2.09. The molecule has 4 nitrogen and oxygen atoms in total. The first-order chi connectivity index (χ1) is 8.92. The maximum atomic E-state index is 6.03. The lowest BCUT2D eigenvalue weighted by Gasteiger charge is -2.32. The first kappa shape index (κ1) is 15.3. The molecule has 2 rings (SSSR count). The molecule has 0 saturated carbocycles. The van der Waals surface area contributed by atoms with Crippen molar-refractivity contribution in [3.8, 4) is 0 Å². The minimum atomic E-state index is -0.468. The summed E-state index contributed by atoms with van der Waals surface area (Å²) in [5.74, 6) is 0.502. The highest BCUT2D eigenvalue weighted by Gasteiger charge is 2.52. The molecule has 2 heterocycles. The molecule has 20 heavy (non-hydrogen) atoms. The highest BCUT2D eigenvalue weighted by molar-refractivity contribution is 6.61. The number of aromatic nitrogens is 1. The van der Waals surface area contributed by atoms with Crippen LogP contribution in [0.1, 0.15) is 54.0 Å². The fraction of sp³-hybridized carbons (Fsp3) is 0.667. The number of pyridine rings is 1. The van der Waals surface area contributed by atoms with Crippen LogP contribution in [0.25, 0.3) is 0 Å². The molecule has 1 aliphatic rings. The first-order valence-electron chi connectivity index (χ1n) is 7.06. The van der Waals surface area contributed by atoms with Gasteiger partial charge < -0.3 is 15.0 Å². The number of hydrogen-bond donors (Lipinski definition) is 1. The van der Waals surface area contributed by atoms with E-state index in [9.17, 15) is 0 Å². The second kappa shape index (κ2) is 4.47. The predicted molar refractivity (Wildman–Crippen MR) is 83.1 cm³/mol. The summed E-state index contributed by atoms with van der Waals surface area (Å²) in [5.41, 5.74) is 7.09. The molecule has 1 aromatic rings. The lowest BCUT2D eigenvalue weighted by molar-refractivity contribution is 0.00578. The first-order valence-corrected chi connectivity index (χ1v) is 7.06. The summed E-state index contributed by atoms with van der Waals surface area (Å²) in [7, 11) is -0.468. The SMILES string of the molecule is CC(C)(C)c1cc(N)nc(B2OC(C)(C)C(C)(C)O2)c1. The van der Waals surface area contributed by atoms with Crippen molar-refractivity contribution in [2.24, 2.45) is 0 Å². The van der Waals surface area contributed by atoms with Crippen LogP contribution in [-0.2, 0) is 14.7 Å². The molecule has 0 amide bonds. The van der Waals surface area contributed by atoms with Gasteiger partial charge in [0.25, 0.3) is 0 Å². The number of nitrogens with zero attached hydrogens (tertiary/aromatic N) is 1. The summed E-state index contributed by atoms with van der Waals surface area (Å²) in [6.07, 6.45) is 0. The molecular formula is C15H25BN2O2. The highest BCUT2D eigenvalue weighted by Crippen LogP contribution is 2.36. The van der Waals surface area contributed by atoms with E-state index < -0.39 is 7.12 Å². The third kappa shape index (κ3) is 2.70. The van der Waals surface area contributed by atoms with Crippen molar-refractivity contribution in [3.63, 3.8) is 0 Å². The number of rotatable bonds is 1. The van der Waals surface area contributed by atoms with Crippen molar-refractivity contribution in [1.29, 1.82) is 0 Å². The van der Waals surface area contributed by atoms with Gasteiger partial charge in [-0.3, -0.25) is 0 Å². The Morgan fingerprint density at radius 1 is 1.05 bits per heavy atom. The Balaban J connectivity index is 2.38. The molecule has 0 radical (unpaired) electrons. The Hall–Kier alpha value is -1.07. The molecule has 0 aliphatic carbocycles. The van der Waals surface area contributed by atoms with E-state index in [1.807, 2.05) is 39.8 Å². The fourth-order valence-corrected chi connectivity index (χ4v) is 2.09. The van der Waals surface area contributed by atoms with Crippen LogP contribution in [0.15, 0.2) is 12.1 Å². The molecule has 0 bridgehead atoms. The average Bonchev–Trinajstić information content (AvgIpc) is 2.46. The molecule has 1 fully saturated rings. The van der Waals surface area contributed by atoms with Gasteiger partial charge in [0.2, 0.25) is 0 Å². The zero-order chi connectivity index (χ0) is 15.3. The number of hydrogen-bond acceptors (Lipinski definition) is 4. The number of anilines is 1. The highest BCUT2D eigenvalue weighted by atomic mass is 16.7. The van der Waals surface area contributed by atoms with Crippen LogP contribution in [0, 0.1) is 0 Å². The standard InChI is InChI=1S/C15H25BN2O2/c1-13(2,3)10-8-11(18-12(17)9-10)16-19-14(4,5)15(6,7)20-16/h8-9H,1-7H3,(H2,17,18). The van der Waals surface area contributed by atoms with Crippen molar-refractivity contribution < 1.29 is 9.31 Å². The lowest BCUT2D eigenvalue weighted by Crippen LogP contribution is -2.41. The van der Waals surface area contributed by atoms with Crippen molar-refractivity contribution >= 4 is 18.5 Å². The number of nitrogens with two attached hydrogens (primary N) is 1. The molecular weight excluding hydrogens is 251 g/mol. The van der Waals surface area contributed by atoms with E-state index in [2.05, 4.69) is 25.8 Å². The van der Waals surface area contributed by atoms with Crippen LogP contribution < -0.4 is 11.3 Å². The van der Waals surface area contributed by atoms with E-state index in [1.165, 1.54) is 0 Å². The van der Waals surface area contributed by atoms with Crippen LogP contribution >= 0.6 is 0 Å². The normalized spacial score (nSPS) is 21.2. The van der Waals surface area contributed by atoms with Gasteiger partial charge in [0.15, 0.2) is 0 Å². The molecule has 2 N–H and O–H groups in total. The molecule has 110 valence electrons. The lowest BCUT2D eigenvalue weighted by atomic mass is 9.79. The van der Waals surface area contributed by atoms with Crippen LogP contribution in [0.4, 0.5) is 5.82 Å². The quantitative estimate of drug-likeness (QED) is 0.799. The summed E-state index contributed by atoms with van der Waals surface area (Å²) in [6.45, 7) is 14.6. The van der Waals surface area contributed by atoms with E-state index in [0.29, 0.717) is 5.82 Å². The van der Waals surface area contributed by atoms with Crippen LogP contribution in [0.2, 0.25) is 0 Å². The molecule has 5 heteroatoms. The van der Waals surface area contributed by atoms with Crippen molar-refractivity contribution in [1.82, 2.24) is 4.98 Å². The summed E-state index contributed by atoms with van der Waals surface area (Å²) >= 11 is 0. The summed E-state index contributed by atoms with van der Waals surface area (Å²) in [6, 6.07) is 3.94. The van der Waals surface area contributed by atoms with E-state index in [4.69, 9.17) is 15.0 Å². The van der Waals surface area contributed by atoms with E-state index in [-0.39, 0.29) is 16.6 Å². The molecule has 1 aliphatic heterocycles. The van der Waals surface area contributed by atoms with Gasteiger partial charge in [0.05, 0.1) is 16.8 Å².